The molecular weight excluding hydrogens is 236 g/mol. The van der Waals surface area contributed by atoms with Crippen molar-refractivity contribution in [2.24, 2.45) is 12.8 Å². The summed E-state index contributed by atoms with van der Waals surface area (Å²) in [4.78, 5) is 6.87. The standard InChI is InChI=1S/C15H24N4/c1-11-17-13-10-12(7-8-15(13)19(11)4)14(18(2)3)6-5-9-16/h7-8,10,14H,5-6,9,16H2,1-4H3. The van der Waals surface area contributed by atoms with Gasteiger partial charge in [-0.15, -0.1) is 0 Å². The van der Waals surface area contributed by atoms with Gasteiger partial charge in [0.25, 0.3) is 0 Å². The average molecular weight is 260 g/mol. The topological polar surface area (TPSA) is 47.1 Å². The van der Waals surface area contributed by atoms with Crippen LogP contribution in [0.3, 0.4) is 0 Å². The van der Waals surface area contributed by atoms with Crippen molar-refractivity contribution in [2.75, 3.05) is 20.6 Å². The van der Waals surface area contributed by atoms with E-state index in [1.54, 1.807) is 0 Å². The first-order valence-electron chi connectivity index (χ1n) is 6.84. The number of benzene rings is 1. The molecule has 0 radical (unpaired) electrons. The molecular formula is C15H24N4. The second kappa shape index (κ2) is 5.72. The van der Waals surface area contributed by atoms with Gasteiger partial charge in [0, 0.05) is 13.1 Å². The third kappa shape index (κ3) is 2.80. The highest BCUT2D eigenvalue weighted by molar-refractivity contribution is 5.76. The van der Waals surface area contributed by atoms with E-state index in [0.717, 1.165) is 30.7 Å². The van der Waals surface area contributed by atoms with Gasteiger partial charge in [-0.1, -0.05) is 6.07 Å². The number of hydrogen-bond acceptors (Lipinski definition) is 3. The molecule has 104 valence electrons. The van der Waals surface area contributed by atoms with Crippen molar-refractivity contribution in [3.8, 4) is 0 Å². The lowest BCUT2D eigenvalue weighted by Gasteiger charge is -2.24. The Morgan fingerprint density at radius 3 is 2.74 bits per heavy atom. The molecule has 0 spiro atoms. The third-order valence-electron chi connectivity index (χ3n) is 3.82. The maximum absolute atomic E-state index is 5.63. The van der Waals surface area contributed by atoms with Gasteiger partial charge >= 0.3 is 0 Å². The fourth-order valence-electron chi connectivity index (χ4n) is 2.58. The maximum Gasteiger partial charge on any atom is 0.106 e. The highest BCUT2D eigenvalue weighted by atomic mass is 15.1. The van der Waals surface area contributed by atoms with E-state index < -0.39 is 0 Å². The fourth-order valence-corrected chi connectivity index (χ4v) is 2.58. The fraction of sp³-hybridized carbons (Fsp3) is 0.533. The van der Waals surface area contributed by atoms with Crippen molar-refractivity contribution in [3.05, 3.63) is 29.6 Å². The highest BCUT2D eigenvalue weighted by Gasteiger charge is 2.15. The second-order valence-corrected chi connectivity index (χ2v) is 5.38. The molecule has 2 N–H and O–H groups in total. The zero-order chi connectivity index (χ0) is 14.0. The van der Waals surface area contributed by atoms with Crippen LogP contribution in [0.2, 0.25) is 0 Å². The first kappa shape index (κ1) is 14.0. The van der Waals surface area contributed by atoms with E-state index in [2.05, 4.69) is 53.8 Å². The lowest BCUT2D eigenvalue weighted by molar-refractivity contribution is 0.280. The van der Waals surface area contributed by atoms with Crippen LogP contribution in [0.4, 0.5) is 0 Å². The summed E-state index contributed by atoms with van der Waals surface area (Å²) in [6.07, 6.45) is 2.13. The zero-order valence-electron chi connectivity index (χ0n) is 12.3. The molecule has 2 aromatic rings. The quantitative estimate of drug-likeness (QED) is 0.896. The summed E-state index contributed by atoms with van der Waals surface area (Å²) < 4.78 is 2.13. The van der Waals surface area contributed by atoms with Crippen molar-refractivity contribution >= 4 is 11.0 Å². The van der Waals surface area contributed by atoms with Gasteiger partial charge in [0.05, 0.1) is 11.0 Å². The minimum atomic E-state index is 0.412. The Labute approximate surface area is 115 Å². The molecule has 2 rings (SSSR count). The van der Waals surface area contributed by atoms with E-state index in [0.29, 0.717) is 6.04 Å². The molecule has 1 atom stereocenters. The minimum absolute atomic E-state index is 0.412. The summed E-state index contributed by atoms with van der Waals surface area (Å²) in [6.45, 7) is 2.78. The molecule has 0 fully saturated rings. The SMILES string of the molecule is Cc1nc2cc(C(CCCN)N(C)C)ccc2n1C. The number of nitrogens with zero attached hydrogens (tertiary/aromatic N) is 3. The Bertz CT molecular complexity index is 557. The van der Waals surface area contributed by atoms with Gasteiger partial charge in [-0.05, 0) is 58.1 Å². The number of nitrogens with two attached hydrogens (primary N) is 1. The smallest absolute Gasteiger partial charge is 0.106 e. The summed E-state index contributed by atoms with van der Waals surface area (Å²) in [5, 5.41) is 0. The molecule has 0 saturated heterocycles. The lowest BCUT2D eigenvalue weighted by atomic mass is 10.0. The van der Waals surface area contributed by atoms with Crippen molar-refractivity contribution in [2.45, 2.75) is 25.8 Å². The average Bonchev–Trinajstić information content (AvgIpc) is 2.65. The van der Waals surface area contributed by atoms with Gasteiger partial charge in [0.2, 0.25) is 0 Å². The van der Waals surface area contributed by atoms with E-state index >= 15 is 0 Å². The van der Waals surface area contributed by atoms with Crippen LogP contribution in [0.15, 0.2) is 18.2 Å². The van der Waals surface area contributed by atoms with Crippen molar-refractivity contribution < 1.29 is 0 Å². The van der Waals surface area contributed by atoms with Crippen LogP contribution in [-0.4, -0.2) is 35.1 Å². The molecule has 0 saturated carbocycles. The first-order chi connectivity index (χ1) is 9.04. The Morgan fingerprint density at radius 2 is 2.11 bits per heavy atom. The van der Waals surface area contributed by atoms with Gasteiger partial charge in [0.1, 0.15) is 5.82 Å². The van der Waals surface area contributed by atoms with Crippen LogP contribution >= 0.6 is 0 Å². The molecule has 1 aromatic carbocycles. The second-order valence-electron chi connectivity index (χ2n) is 5.38. The molecule has 1 aromatic heterocycles. The molecule has 4 heteroatoms. The number of rotatable bonds is 5. The summed E-state index contributed by atoms with van der Waals surface area (Å²) >= 11 is 0. The molecule has 0 aliphatic carbocycles. The molecule has 0 bridgehead atoms. The van der Waals surface area contributed by atoms with Crippen LogP contribution < -0.4 is 5.73 Å². The van der Waals surface area contributed by atoms with Crippen LogP contribution in [-0.2, 0) is 7.05 Å². The first-order valence-corrected chi connectivity index (χ1v) is 6.84. The Hall–Kier alpha value is -1.39. The maximum atomic E-state index is 5.63. The molecule has 0 amide bonds. The van der Waals surface area contributed by atoms with E-state index in [9.17, 15) is 0 Å². The monoisotopic (exact) mass is 260 g/mol. The summed E-state index contributed by atoms with van der Waals surface area (Å²) in [6, 6.07) is 7.01. The minimum Gasteiger partial charge on any atom is -0.331 e. The van der Waals surface area contributed by atoms with Crippen LogP contribution in [0.25, 0.3) is 11.0 Å². The van der Waals surface area contributed by atoms with Crippen LogP contribution in [0, 0.1) is 6.92 Å². The van der Waals surface area contributed by atoms with Gasteiger partial charge < -0.3 is 15.2 Å². The lowest BCUT2D eigenvalue weighted by Crippen LogP contribution is -2.20. The van der Waals surface area contributed by atoms with E-state index in [1.807, 2.05) is 6.92 Å². The summed E-state index contributed by atoms with van der Waals surface area (Å²) in [7, 11) is 6.30. The Kier molecular flexibility index (Phi) is 4.22. The third-order valence-corrected chi connectivity index (χ3v) is 3.82. The van der Waals surface area contributed by atoms with Gasteiger partial charge in [0.15, 0.2) is 0 Å². The molecule has 1 unspecified atom stereocenters. The predicted molar refractivity (Wildman–Crippen MR) is 80.2 cm³/mol. The van der Waals surface area contributed by atoms with Gasteiger partial charge in [-0.2, -0.15) is 0 Å². The largest absolute Gasteiger partial charge is 0.331 e. The predicted octanol–water partition coefficient (Wildman–Crippen LogP) is 2.22. The van der Waals surface area contributed by atoms with Crippen molar-refractivity contribution in [1.82, 2.24) is 14.5 Å². The molecule has 19 heavy (non-hydrogen) atoms. The van der Waals surface area contributed by atoms with E-state index in [-0.39, 0.29) is 0 Å². The highest BCUT2D eigenvalue weighted by Crippen LogP contribution is 2.26. The summed E-state index contributed by atoms with van der Waals surface area (Å²) in [5.74, 6) is 1.05. The van der Waals surface area contributed by atoms with Crippen molar-refractivity contribution in [3.63, 3.8) is 0 Å². The zero-order valence-corrected chi connectivity index (χ0v) is 12.3. The van der Waals surface area contributed by atoms with E-state index in [4.69, 9.17) is 5.73 Å². The Balaban J connectivity index is 2.37. The van der Waals surface area contributed by atoms with Crippen LogP contribution in [0.5, 0.6) is 0 Å². The van der Waals surface area contributed by atoms with E-state index in [1.165, 1.54) is 11.1 Å². The number of fused-ring (bicyclic) bond motifs is 1. The normalized spacial score (nSPS) is 13.4. The molecule has 4 nitrogen and oxygen atoms in total. The number of imidazole rings is 1. The van der Waals surface area contributed by atoms with Crippen LogP contribution in [0.1, 0.15) is 30.3 Å². The van der Waals surface area contributed by atoms with Crippen molar-refractivity contribution in [1.29, 1.82) is 0 Å². The molecule has 0 aliphatic rings. The van der Waals surface area contributed by atoms with Gasteiger partial charge in [-0.3, -0.25) is 0 Å². The number of hydrogen-bond donors (Lipinski definition) is 1. The molecule has 0 aliphatic heterocycles. The van der Waals surface area contributed by atoms with Gasteiger partial charge in [-0.25, -0.2) is 4.98 Å². The number of aromatic nitrogens is 2. The summed E-state index contributed by atoms with van der Waals surface area (Å²) in [5.41, 5.74) is 9.23. The Morgan fingerprint density at radius 1 is 1.37 bits per heavy atom. The molecule has 1 heterocycles. The number of aryl methyl sites for hydroxylation is 2.